The average molecular weight is 305 g/mol. The molecule has 1 atom stereocenters. The summed E-state index contributed by atoms with van der Waals surface area (Å²) < 4.78 is 5.50. The molecular formula is C13H11N3O4S. The molecule has 2 rings (SSSR count). The maximum absolute atomic E-state index is 12.1. The number of carbonyl (C=O) groups is 1. The van der Waals surface area contributed by atoms with E-state index >= 15 is 0 Å². The SMILES string of the molecule is CCOC(=O)C(C)(C#N)c1ccc2scnc2c1[N+](=O)[O-]. The molecule has 0 N–H and O–H groups in total. The van der Waals surface area contributed by atoms with Crippen LogP contribution in [-0.4, -0.2) is 22.5 Å². The third kappa shape index (κ3) is 2.32. The molecule has 108 valence electrons. The van der Waals surface area contributed by atoms with E-state index in [9.17, 15) is 20.2 Å². The van der Waals surface area contributed by atoms with Crippen molar-refractivity contribution in [3.8, 4) is 6.07 Å². The Kier molecular flexibility index (Phi) is 3.86. The second kappa shape index (κ2) is 5.46. The van der Waals surface area contributed by atoms with Crippen LogP contribution in [-0.2, 0) is 14.9 Å². The normalized spacial score (nSPS) is 13.4. The second-order valence-electron chi connectivity index (χ2n) is 4.38. The molecule has 1 aromatic carbocycles. The van der Waals surface area contributed by atoms with E-state index in [0.29, 0.717) is 4.70 Å². The van der Waals surface area contributed by atoms with Gasteiger partial charge in [-0.3, -0.25) is 10.1 Å². The standard InChI is InChI=1S/C13H11N3O4S/c1-3-20-12(17)13(2,6-14)8-4-5-9-10(15-7-21-9)11(8)16(18)19/h4-5,7H,3H2,1-2H3. The van der Waals surface area contributed by atoms with E-state index in [2.05, 4.69) is 4.98 Å². The number of esters is 1. The summed E-state index contributed by atoms with van der Waals surface area (Å²) in [4.78, 5) is 26.8. The molecule has 0 amide bonds. The summed E-state index contributed by atoms with van der Waals surface area (Å²) in [5.74, 6) is -0.815. The van der Waals surface area contributed by atoms with Gasteiger partial charge in [0.25, 0.3) is 0 Å². The number of rotatable bonds is 4. The first kappa shape index (κ1) is 14.9. The third-order valence-electron chi connectivity index (χ3n) is 3.10. The van der Waals surface area contributed by atoms with E-state index in [1.165, 1.54) is 29.8 Å². The molecule has 7 nitrogen and oxygen atoms in total. The van der Waals surface area contributed by atoms with E-state index in [4.69, 9.17) is 4.74 Å². The number of benzene rings is 1. The van der Waals surface area contributed by atoms with Crippen LogP contribution in [0.4, 0.5) is 5.69 Å². The lowest BCUT2D eigenvalue weighted by Gasteiger charge is -2.19. The lowest BCUT2D eigenvalue weighted by atomic mass is 9.82. The number of carbonyl (C=O) groups excluding carboxylic acids is 1. The van der Waals surface area contributed by atoms with Crippen molar-refractivity contribution in [2.75, 3.05) is 6.61 Å². The van der Waals surface area contributed by atoms with Gasteiger partial charge in [0.05, 0.1) is 33.4 Å². The first-order valence-electron chi connectivity index (χ1n) is 6.05. The van der Waals surface area contributed by atoms with Gasteiger partial charge in [0.1, 0.15) is 0 Å². The van der Waals surface area contributed by atoms with Crippen molar-refractivity contribution in [2.24, 2.45) is 0 Å². The molecular weight excluding hydrogens is 294 g/mol. The van der Waals surface area contributed by atoms with Crippen molar-refractivity contribution in [3.63, 3.8) is 0 Å². The quantitative estimate of drug-likeness (QED) is 0.488. The highest BCUT2D eigenvalue weighted by molar-refractivity contribution is 7.16. The molecule has 1 unspecified atom stereocenters. The Bertz CT molecular complexity index is 764. The van der Waals surface area contributed by atoms with Crippen LogP contribution in [0, 0.1) is 21.4 Å². The second-order valence-corrected chi connectivity index (χ2v) is 5.26. The first-order chi connectivity index (χ1) is 9.95. The molecule has 2 aromatic rings. The number of nitro benzene ring substituents is 1. The zero-order chi connectivity index (χ0) is 15.6. The molecule has 1 aromatic heterocycles. The number of nitrogens with zero attached hydrogens (tertiary/aromatic N) is 3. The van der Waals surface area contributed by atoms with Crippen molar-refractivity contribution in [1.82, 2.24) is 4.98 Å². The van der Waals surface area contributed by atoms with Crippen molar-refractivity contribution in [3.05, 3.63) is 33.3 Å². The fourth-order valence-corrected chi connectivity index (χ4v) is 2.68. The molecule has 0 fully saturated rings. The average Bonchev–Trinajstić information content (AvgIpc) is 2.93. The van der Waals surface area contributed by atoms with E-state index in [0.717, 1.165) is 0 Å². The van der Waals surface area contributed by atoms with Gasteiger partial charge in [0.15, 0.2) is 10.9 Å². The topological polar surface area (TPSA) is 106 Å². The van der Waals surface area contributed by atoms with Crippen molar-refractivity contribution in [1.29, 1.82) is 5.26 Å². The summed E-state index contributed by atoms with van der Waals surface area (Å²) >= 11 is 1.25. The zero-order valence-electron chi connectivity index (χ0n) is 11.3. The first-order valence-corrected chi connectivity index (χ1v) is 6.93. The van der Waals surface area contributed by atoms with Crippen molar-refractivity contribution in [2.45, 2.75) is 19.3 Å². The van der Waals surface area contributed by atoms with E-state index < -0.39 is 16.3 Å². The Morgan fingerprint density at radius 2 is 2.33 bits per heavy atom. The number of ether oxygens (including phenoxy) is 1. The number of nitro groups is 1. The molecule has 0 aliphatic rings. The maximum Gasteiger partial charge on any atom is 0.331 e. The zero-order valence-corrected chi connectivity index (χ0v) is 12.1. The molecule has 21 heavy (non-hydrogen) atoms. The molecule has 8 heteroatoms. The van der Waals surface area contributed by atoms with Gasteiger partial charge in [-0.25, -0.2) is 9.78 Å². The molecule has 0 radical (unpaired) electrons. The molecule has 0 aliphatic heterocycles. The van der Waals surface area contributed by atoms with Gasteiger partial charge in [-0.15, -0.1) is 11.3 Å². The fraction of sp³-hybridized carbons (Fsp3) is 0.308. The van der Waals surface area contributed by atoms with E-state index in [1.54, 1.807) is 13.0 Å². The largest absolute Gasteiger partial charge is 0.465 e. The minimum atomic E-state index is -1.75. The molecule has 0 spiro atoms. The minimum absolute atomic E-state index is 0.00755. The van der Waals surface area contributed by atoms with Crippen LogP contribution in [0.5, 0.6) is 0 Å². The highest BCUT2D eigenvalue weighted by Gasteiger charge is 2.43. The van der Waals surface area contributed by atoms with Crippen molar-refractivity contribution >= 4 is 33.2 Å². The summed E-state index contributed by atoms with van der Waals surface area (Å²) in [5.41, 5.74) is -0.433. The van der Waals surface area contributed by atoms with Gasteiger partial charge in [-0.05, 0) is 26.0 Å². The molecule has 1 heterocycles. The van der Waals surface area contributed by atoms with Gasteiger partial charge in [-0.2, -0.15) is 5.26 Å². The third-order valence-corrected chi connectivity index (χ3v) is 3.90. The van der Waals surface area contributed by atoms with Crippen LogP contribution in [0.3, 0.4) is 0 Å². The Balaban J connectivity index is 2.75. The van der Waals surface area contributed by atoms with Crippen LogP contribution in [0.15, 0.2) is 17.6 Å². The Morgan fingerprint density at radius 1 is 1.62 bits per heavy atom. The number of fused-ring (bicyclic) bond motifs is 1. The van der Waals surface area contributed by atoms with Crippen LogP contribution < -0.4 is 0 Å². The maximum atomic E-state index is 12.1. The number of hydrogen-bond donors (Lipinski definition) is 0. The number of hydrogen-bond acceptors (Lipinski definition) is 7. The lowest BCUT2D eigenvalue weighted by molar-refractivity contribution is -0.384. The highest BCUT2D eigenvalue weighted by Crippen LogP contribution is 2.38. The summed E-state index contributed by atoms with van der Waals surface area (Å²) in [5, 5.41) is 20.8. The summed E-state index contributed by atoms with van der Waals surface area (Å²) in [6.07, 6.45) is 0. The van der Waals surface area contributed by atoms with Crippen LogP contribution >= 0.6 is 11.3 Å². The molecule has 0 saturated carbocycles. The van der Waals surface area contributed by atoms with Crippen LogP contribution in [0.25, 0.3) is 10.2 Å². The van der Waals surface area contributed by atoms with E-state index in [1.807, 2.05) is 6.07 Å². The van der Waals surface area contributed by atoms with Gasteiger partial charge < -0.3 is 4.74 Å². The molecule has 0 bridgehead atoms. The lowest BCUT2D eigenvalue weighted by Crippen LogP contribution is -2.33. The van der Waals surface area contributed by atoms with E-state index in [-0.39, 0.29) is 23.4 Å². The monoisotopic (exact) mass is 305 g/mol. The predicted molar refractivity (Wildman–Crippen MR) is 75.9 cm³/mol. The predicted octanol–water partition coefficient (Wildman–Crippen LogP) is 2.55. The van der Waals surface area contributed by atoms with Gasteiger partial charge in [-0.1, -0.05) is 0 Å². The summed E-state index contributed by atoms with van der Waals surface area (Å²) in [6, 6.07) is 4.86. The Morgan fingerprint density at radius 3 is 2.90 bits per heavy atom. The fourth-order valence-electron chi connectivity index (χ4n) is 2.00. The van der Waals surface area contributed by atoms with Gasteiger partial charge in [0, 0.05) is 0 Å². The minimum Gasteiger partial charge on any atom is -0.465 e. The summed E-state index contributed by atoms with van der Waals surface area (Å²) in [7, 11) is 0. The number of thiazole rings is 1. The highest BCUT2D eigenvalue weighted by atomic mass is 32.1. The Hall–Kier alpha value is -2.53. The van der Waals surface area contributed by atoms with Crippen LogP contribution in [0.1, 0.15) is 19.4 Å². The smallest absolute Gasteiger partial charge is 0.331 e. The number of nitriles is 1. The number of aromatic nitrogens is 1. The Labute approximate surface area is 123 Å². The molecule has 0 saturated heterocycles. The molecule has 0 aliphatic carbocycles. The van der Waals surface area contributed by atoms with Gasteiger partial charge >= 0.3 is 11.7 Å². The van der Waals surface area contributed by atoms with Crippen molar-refractivity contribution < 1.29 is 14.5 Å². The van der Waals surface area contributed by atoms with Crippen LogP contribution in [0.2, 0.25) is 0 Å². The summed E-state index contributed by atoms with van der Waals surface area (Å²) in [6.45, 7) is 3.00. The van der Waals surface area contributed by atoms with Gasteiger partial charge in [0.2, 0.25) is 0 Å².